The standard InChI is InChI=1S/C18H23NO3/c1-3-15-14(11-8-12-18(15,4-2)17(21)22)16(20)19-13-9-6-5-7-10-13/h4-7,9-10,14-15H,2-3,8,11-12H2,1H3,(H,19,20)(H,21,22)/t14?,15?,18-/m1/s1. The minimum Gasteiger partial charge on any atom is -0.481 e. The van der Waals surface area contributed by atoms with Gasteiger partial charge in [-0.3, -0.25) is 9.59 Å². The first-order valence-electron chi connectivity index (χ1n) is 7.78. The number of hydrogen-bond acceptors (Lipinski definition) is 2. The van der Waals surface area contributed by atoms with Crippen LogP contribution >= 0.6 is 0 Å². The summed E-state index contributed by atoms with van der Waals surface area (Å²) in [6.45, 7) is 5.69. The number of carboxylic acid groups (broad SMARTS) is 1. The van der Waals surface area contributed by atoms with E-state index in [-0.39, 0.29) is 17.7 Å². The molecule has 1 aromatic carbocycles. The van der Waals surface area contributed by atoms with Gasteiger partial charge in [-0.25, -0.2) is 0 Å². The van der Waals surface area contributed by atoms with Crippen LogP contribution in [-0.2, 0) is 9.59 Å². The molecule has 1 aliphatic carbocycles. The Morgan fingerprint density at radius 1 is 1.41 bits per heavy atom. The van der Waals surface area contributed by atoms with Crippen molar-refractivity contribution < 1.29 is 14.7 Å². The van der Waals surface area contributed by atoms with Gasteiger partial charge in [-0.05, 0) is 30.9 Å². The number of aliphatic carboxylic acids is 1. The van der Waals surface area contributed by atoms with Crippen molar-refractivity contribution in [1.82, 2.24) is 0 Å². The first-order valence-corrected chi connectivity index (χ1v) is 7.78. The van der Waals surface area contributed by atoms with Crippen molar-refractivity contribution in [2.24, 2.45) is 17.3 Å². The number of nitrogens with one attached hydrogen (secondary N) is 1. The average Bonchev–Trinajstić information content (AvgIpc) is 2.54. The Morgan fingerprint density at radius 3 is 2.64 bits per heavy atom. The third-order valence-electron chi connectivity index (χ3n) is 4.83. The maximum absolute atomic E-state index is 12.6. The summed E-state index contributed by atoms with van der Waals surface area (Å²) in [5, 5.41) is 12.6. The fourth-order valence-electron chi connectivity index (χ4n) is 3.69. The molecule has 0 aromatic heterocycles. The molecule has 118 valence electrons. The third-order valence-corrected chi connectivity index (χ3v) is 4.83. The molecule has 3 atom stereocenters. The highest BCUT2D eigenvalue weighted by Crippen LogP contribution is 2.47. The normalized spacial score (nSPS) is 27.9. The van der Waals surface area contributed by atoms with Crippen LogP contribution in [-0.4, -0.2) is 17.0 Å². The second-order valence-electron chi connectivity index (χ2n) is 5.92. The first kappa shape index (κ1) is 16.3. The highest BCUT2D eigenvalue weighted by molar-refractivity contribution is 5.93. The van der Waals surface area contributed by atoms with E-state index >= 15 is 0 Å². The van der Waals surface area contributed by atoms with Crippen molar-refractivity contribution in [3.8, 4) is 0 Å². The first-order chi connectivity index (χ1) is 10.5. The lowest BCUT2D eigenvalue weighted by molar-refractivity contribution is -0.153. The molecule has 1 fully saturated rings. The smallest absolute Gasteiger partial charge is 0.313 e. The van der Waals surface area contributed by atoms with E-state index in [9.17, 15) is 14.7 Å². The van der Waals surface area contributed by atoms with Crippen molar-refractivity contribution in [2.45, 2.75) is 32.6 Å². The maximum Gasteiger partial charge on any atom is 0.313 e. The van der Waals surface area contributed by atoms with Crippen LogP contribution in [0.1, 0.15) is 32.6 Å². The lowest BCUT2D eigenvalue weighted by Crippen LogP contribution is -2.47. The van der Waals surface area contributed by atoms with Gasteiger partial charge in [-0.15, -0.1) is 6.58 Å². The molecule has 1 aliphatic rings. The van der Waals surface area contributed by atoms with Crippen LogP contribution in [0.5, 0.6) is 0 Å². The van der Waals surface area contributed by atoms with Crippen molar-refractivity contribution in [1.29, 1.82) is 0 Å². The average molecular weight is 301 g/mol. The Labute approximate surface area is 131 Å². The topological polar surface area (TPSA) is 66.4 Å². The summed E-state index contributed by atoms with van der Waals surface area (Å²) >= 11 is 0. The monoisotopic (exact) mass is 301 g/mol. The SMILES string of the molecule is C=C[C@@]1(C(=O)O)CCCC(C(=O)Nc2ccccc2)C1CC. The van der Waals surface area contributed by atoms with Crippen LogP contribution in [0.25, 0.3) is 0 Å². The minimum absolute atomic E-state index is 0.0924. The van der Waals surface area contributed by atoms with E-state index in [1.165, 1.54) is 6.08 Å². The fourth-order valence-corrected chi connectivity index (χ4v) is 3.69. The van der Waals surface area contributed by atoms with Crippen LogP contribution < -0.4 is 5.32 Å². The molecule has 0 aliphatic heterocycles. The quantitative estimate of drug-likeness (QED) is 0.815. The molecule has 0 saturated heterocycles. The van der Waals surface area contributed by atoms with Crippen molar-refractivity contribution >= 4 is 17.6 Å². The zero-order valence-corrected chi connectivity index (χ0v) is 12.9. The zero-order valence-electron chi connectivity index (χ0n) is 12.9. The number of para-hydroxylation sites is 1. The van der Waals surface area contributed by atoms with Gasteiger partial charge in [0, 0.05) is 11.6 Å². The molecule has 0 radical (unpaired) electrons. The van der Waals surface area contributed by atoms with Crippen molar-refractivity contribution in [2.75, 3.05) is 5.32 Å². The molecule has 0 heterocycles. The molecule has 2 unspecified atom stereocenters. The maximum atomic E-state index is 12.6. The summed E-state index contributed by atoms with van der Waals surface area (Å²) in [6, 6.07) is 9.27. The summed E-state index contributed by atoms with van der Waals surface area (Å²) in [5.74, 6) is -1.48. The molecule has 0 spiro atoms. The Morgan fingerprint density at radius 2 is 2.09 bits per heavy atom. The van der Waals surface area contributed by atoms with Gasteiger partial charge in [0.1, 0.15) is 0 Å². The Balaban J connectivity index is 2.23. The molecule has 4 nitrogen and oxygen atoms in total. The molecular weight excluding hydrogens is 278 g/mol. The summed E-state index contributed by atoms with van der Waals surface area (Å²) in [4.78, 5) is 24.4. The molecule has 1 aromatic rings. The molecule has 2 N–H and O–H groups in total. The number of carbonyl (C=O) groups is 2. The van der Waals surface area contributed by atoms with Crippen LogP contribution in [0.2, 0.25) is 0 Å². The highest BCUT2D eigenvalue weighted by Gasteiger charge is 2.50. The van der Waals surface area contributed by atoms with Crippen LogP contribution in [0.4, 0.5) is 5.69 Å². The van der Waals surface area contributed by atoms with E-state index in [0.29, 0.717) is 12.8 Å². The van der Waals surface area contributed by atoms with Crippen molar-refractivity contribution in [3.05, 3.63) is 43.0 Å². The number of benzene rings is 1. The number of carbonyl (C=O) groups excluding carboxylic acids is 1. The van der Waals surface area contributed by atoms with Gasteiger partial charge in [0.05, 0.1) is 5.41 Å². The molecule has 2 rings (SSSR count). The number of carboxylic acids is 1. The summed E-state index contributed by atoms with van der Waals surface area (Å²) in [6.07, 6.45) is 4.18. The number of amides is 1. The number of anilines is 1. The summed E-state index contributed by atoms with van der Waals surface area (Å²) in [7, 11) is 0. The largest absolute Gasteiger partial charge is 0.481 e. The van der Waals surface area contributed by atoms with Crippen molar-refractivity contribution in [3.63, 3.8) is 0 Å². The second kappa shape index (κ2) is 6.77. The second-order valence-corrected chi connectivity index (χ2v) is 5.92. The van der Waals surface area contributed by atoms with Gasteiger partial charge < -0.3 is 10.4 Å². The molecule has 22 heavy (non-hydrogen) atoms. The van der Waals surface area contributed by atoms with E-state index in [0.717, 1.165) is 18.5 Å². The molecular formula is C18H23NO3. The predicted molar refractivity (Wildman–Crippen MR) is 86.5 cm³/mol. The van der Waals surface area contributed by atoms with Gasteiger partial charge in [-0.2, -0.15) is 0 Å². The Hall–Kier alpha value is -2.10. The molecule has 1 saturated carbocycles. The fraction of sp³-hybridized carbons (Fsp3) is 0.444. The van der Waals surface area contributed by atoms with Gasteiger partial charge in [0.2, 0.25) is 5.91 Å². The highest BCUT2D eigenvalue weighted by atomic mass is 16.4. The van der Waals surface area contributed by atoms with E-state index < -0.39 is 11.4 Å². The molecule has 0 bridgehead atoms. The van der Waals surface area contributed by atoms with Crippen LogP contribution in [0.3, 0.4) is 0 Å². The van der Waals surface area contributed by atoms with E-state index in [4.69, 9.17) is 0 Å². The van der Waals surface area contributed by atoms with E-state index in [2.05, 4.69) is 11.9 Å². The van der Waals surface area contributed by atoms with E-state index in [1.54, 1.807) is 0 Å². The number of rotatable bonds is 5. The summed E-state index contributed by atoms with van der Waals surface area (Å²) < 4.78 is 0. The third kappa shape index (κ3) is 2.91. The zero-order chi connectivity index (χ0) is 16.2. The lowest BCUT2D eigenvalue weighted by atomic mass is 9.60. The lowest BCUT2D eigenvalue weighted by Gasteiger charge is -2.42. The van der Waals surface area contributed by atoms with Gasteiger partial charge in [-0.1, -0.05) is 44.0 Å². The van der Waals surface area contributed by atoms with E-state index in [1.807, 2.05) is 37.3 Å². The minimum atomic E-state index is -0.994. The molecule has 4 heteroatoms. The van der Waals surface area contributed by atoms with Gasteiger partial charge in [0.15, 0.2) is 0 Å². The summed E-state index contributed by atoms with van der Waals surface area (Å²) in [5.41, 5.74) is -0.251. The van der Waals surface area contributed by atoms with Crippen LogP contribution in [0, 0.1) is 17.3 Å². The Kier molecular flexibility index (Phi) is 5.01. The Bertz CT molecular complexity index is 555. The van der Waals surface area contributed by atoms with Gasteiger partial charge >= 0.3 is 5.97 Å². The van der Waals surface area contributed by atoms with Gasteiger partial charge in [0.25, 0.3) is 0 Å². The molecule has 1 amide bonds. The number of hydrogen-bond donors (Lipinski definition) is 2. The van der Waals surface area contributed by atoms with Crippen LogP contribution in [0.15, 0.2) is 43.0 Å². The predicted octanol–water partition coefficient (Wildman–Crippen LogP) is 3.71.